The summed E-state index contributed by atoms with van der Waals surface area (Å²) in [4.78, 5) is 2.23. The number of rotatable bonds is 5. The SMILES string of the molecule is C=C/C(=c1/ccccc1=C)N(c1ccccc1)c1ccc(-c2ccccc2)cc1. The minimum absolute atomic E-state index is 0.976. The van der Waals surface area contributed by atoms with E-state index in [0.717, 1.165) is 27.5 Å². The maximum absolute atomic E-state index is 4.22. The highest BCUT2D eigenvalue weighted by Crippen LogP contribution is 2.32. The van der Waals surface area contributed by atoms with Crippen molar-refractivity contribution in [3.8, 4) is 11.1 Å². The van der Waals surface area contributed by atoms with Crippen LogP contribution in [0.4, 0.5) is 11.4 Å². The van der Waals surface area contributed by atoms with Crippen LogP contribution in [0.25, 0.3) is 23.4 Å². The lowest BCUT2D eigenvalue weighted by Gasteiger charge is -2.26. The monoisotopic (exact) mass is 373 g/mol. The van der Waals surface area contributed by atoms with Crippen molar-refractivity contribution in [1.29, 1.82) is 0 Å². The van der Waals surface area contributed by atoms with Gasteiger partial charge in [-0.05, 0) is 46.7 Å². The van der Waals surface area contributed by atoms with Crippen molar-refractivity contribution >= 4 is 23.7 Å². The van der Waals surface area contributed by atoms with Gasteiger partial charge in [-0.25, -0.2) is 0 Å². The molecule has 140 valence electrons. The zero-order chi connectivity index (χ0) is 20.1. The lowest BCUT2D eigenvalue weighted by molar-refractivity contribution is 1.28. The molecule has 0 aliphatic carbocycles. The Kier molecular flexibility index (Phi) is 5.40. The van der Waals surface area contributed by atoms with Crippen LogP contribution in [0.1, 0.15) is 0 Å². The first-order chi connectivity index (χ1) is 14.3. The van der Waals surface area contributed by atoms with E-state index in [4.69, 9.17) is 0 Å². The van der Waals surface area contributed by atoms with Crippen LogP contribution in [0.5, 0.6) is 0 Å². The minimum Gasteiger partial charge on any atom is -0.310 e. The molecule has 0 fully saturated rings. The van der Waals surface area contributed by atoms with E-state index in [2.05, 4.69) is 96.9 Å². The lowest BCUT2D eigenvalue weighted by atomic mass is 10.0. The third-order valence-corrected chi connectivity index (χ3v) is 4.97. The summed E-state index contributed by atoms with van der Waals surface area (Å²) in [5.41, 5.74) is 5.57. The molecule has 1 nitrogen and oxygen atoms in total. The highest BCUT2D eigenvalue weighted by atomic mass is 15.1. The molecule has 0 amide bonds. The number of para-hydroxylation sites is 1. The van der Waals surface area contributed by atoms with Gasteiger partial charge >= 0.3 is 0 Å². The number of benzene rings is 4. The zero-order valence-electron chi connectivity index (χ0n) is 16.3. The summed E-state index contributed by atoms with van der Waals surface area (Å²) < 4.78 is 0. The van der Waals surface area contributed by atoms with Gasteiger partial charge in [-0.2, -0.15) is 0 Å². The molecule has 29 heavy (non-hydrogen) atoms. The largest absolute Gasteiger partial charge is 0.310 e. The van der Waals surface area contributed by atoms with E-state index in [1.807, 2.05) is 36.4 Å². The van der Waals surface area contributed by atoms with E-state index < -0.39 is 0 Å². The minimum atomic E-state index is 0.976. The van der Waals surface area contributed by atoms with E-state index in [1.54, 1.807) is 0 Å². The van der Waals surface area contributed by atoms with Gasteiger partial charge in [0.2, 0.25) is 0 Å². The van der Waals surface area contributed by atoms with Gasteiger partial charge in [0.25, 0.3) is 0 Å². The Hall–Kier alpha value is -3.84. The van der Waals surface area contributed by atoms with Gasteiger partial charge in [0.15, 0.2) is 0 Å². The number of hydrogen-bond donors (Lipinski definition) is 0. The van der Waals surface area contributed by atoms with Crippen LogP contribution in [-0.2, 0) is 0 Å². The van der Waals surface area contributed by atoms with Gasteiger partial charge in [0.1, 0.15) is 0 Å². The summed E-state index contributed by atoms with van der Waals surface area (Å²) >= 11 is 0. The van der Waals surface area contributed by atoms with Crippen LogP contribution in [-0.4, -0.2) is 0 Å². The van der Waals surface area contributed by atoms with Gasteiger partial charge in [-0.15, -0.1) is 0 Å². The second kappa shape index (κ2) is 8.45. The molecule has 4 aromatic carbocycles. The summed E-state index contributed by atoms with van der Waals surface area (Å²) in [5, 5.41) is 2.04. The highest BCUT2D eigenvalue weighted by Gasteiger charge is 2.13. The van der Waals surface area contributed by atoms with Gasteiger partial charge in [-0.1, -0.05) is 98.1 Å². The van der Waals surface area contributed by atoms with E-state index in [1.165, 1.54) is 11.1 Å². The average Bonchev–Trinajstić information content (AvgIpc) is 2.79. The first-order valence-corrected chi connectivity index (χ1v) is 9.69. The quantitative estimate of drug-likeness (QED) is 0.421. The number of anilines is 2. The molecule has 0 spiro atoms. The summed E-state index contributed by atoms with van der Waals surface area (Å²) in [5.74, 6) is 0. The Morgan fingerprint density at radius 1 is 0.586 bits per heavy atom. The molecule has 0 saturated carbocycles. The first-order valence-electron chi connectivity index (χ1n) is 9.69. The second-order valence-corrected chi connectivity index (χ2v) is 6.83. The Labute approximate surface area is 172 Å². The van der Waals surface area contributed by atoms with E-state index in [-0.39, 0.29) is 0 Å². The zero-order valence-corrected chi connectivity index (χ0v) is 16.3. The highest BCUT2D eigenvalue weighted by molar-refractivity contribution is 5.85. The molecule has 0 radical (unpaired) electrons. The predicted octanol–water partition coefficient (Wildman–Crippen LogP) is 5.90. The van der Waals surface area contributed by atoms with Crippen molar-refractivity contribution in [1.82, 2.24) is 0 Å². The molecule has 0 N–H and O–H groups in total. The van der Waals surface area contributed by atoms with Crippen LogP contribution in [0.2, 0.25) is 0 Å². The number of nitrogens with zero attached hydrogens (tertiary/aromatic N) is 1. The molecule has 0 aliphatic rings. The van der Waals surface area contributed by atoms with Crippen LogP contribution < -0.4 is 15.3 Å². The first kappa shape index (κ1) is 18.5. The van der Waals surface area contributed by atoms with Gasteiger partial charge < -0.3 is 4.90 Å². The summed E-state index contributed by atoms with van der Waals surface area (Å²) in [6.45, 7) is 8.33. The van der Waals surface area contributed by atoms with Crippen molar-refractivity contribution in [2.24, 2.45) is 0 Å². The van der Waals surface area contributed by atoms with Crippen molar-refractivity contribution in [2.45, 2.75) is 0 Å². The standard InChI is InChI=1S/C28H23N/c1-3-28(27-17-11-10-12-22(27)2)29(25-15-8-5-9-16-25)26-20-18-24(19-21-26)23-13-6-4-7-14-23/h3-21H,1-2H2/b28-27+. The van der Waals surface area contributed by atoms with Gasteiger partial charge in [0.05, 0.1) is 5.70 Å². The van der Waals surface area contributed by atoms with E-state index >= 15 is 0 Å². The molecule has 4 aromatic rings. The lowest BCUT2D eigenvalue weighted by Crippen LogP contribution is -2.31. The molecular weight excluding hydrogens is 350 g/mol. The van der Waals surface area contributed by atoms with E-state index in [0.29, 0.717) is 0 Å². The maximum atomic E-state index is 4.22. The van der Waals surface area contributed by atoms with Crippen LogP contribution >= 0.6 is 0 Å². The van der Waals surface area contributed by atoms with Gasteiger partial charge in [-0.3, -0.25) is 0 Å². The molecule has 0 heterocycles. The van der Waals surface area contributed by atoms with Crippen LogP contribution in [0.15, 0.2) is 122 Å². The Balaban J connectivity index is 1.89. The fourth-order valence-electron chi connectivity index (χ4n) is 3.53. The summed E-state index contributed by atoms with van der Waals surface area (Å²) in [7, 11) is 0. The van der Waals surface area contributed by atoms with Gasteiger partial charge in [0, 0.05) is 16.6 Å². The smallest absolute Gasteiger partial charge is 0.0533 e. The Morgan fingerprint density at radius 2 is 1.10 bits per heavy atom. The summed E-state index contributed by atoms with van der Waals surface area (Å²) in [6, 6.07) is 37.6. The van der Waals surface area contributed by atoms with Crippen LogP contribution in [0.3, 0.4) is 0 Å². The molecule has 0 bridgehead atoms. The summed E-state index contributed by atoms with van der Waals surface area (Å²) in [6.07, 6.45) is 1.90. The third kappa shape index (κ3) is 3.90. The Morgan fingerprint density at radius 3 is 1.72 bits per heavy atom. The molecule has 4 rings (SSSR count). The molecule has 1 heteroatoms. The molecule has 0 aromatic heterocycles. The van der Waals surface area contributed by atoms with Crippen molar-refractivity contribution in [3.05, 3.63) is 132 Å². The van der Waals surface area contributed by atoms with Crippen LogP contribution in [0, 0.1) is 0 Å². The molecule has 0 atom stereocenters. The second-order valence-electron chi connectivity index (χ2n) is 6.83. The van der Waals surface area contributed by atoms with Crippen molar-refractivity contribution in [3.63, 3.8) is 0 Å². The van der Waals surface area contributed by atoms with Crippen molar-refractivity contribution < 1.29 is 0 Å². The topological polar surface area (TPSA) is 3.24 Å². The molecule has 0 saturated heterocycles. The normalized spacial score (nSPS) is 11.6. The van der Waals surface area contributed by atoms with E-state index in [9.17, 15) is 0 Å². The predicted molar refractivity (Wildman–Crippen MR) is 125 cm³/mol. The molecule has 0 aliphatic heterocycles. The fraction of sp³-hybridized carbons (Fsp3) is 0. The molecule has 0 unspecified atom stereocenters. The third-order valence-electron chi connectivity index (χ3n) is 4.97. The maximum Gasteiger partial charge on any atom is 0.0533 e. The molecular formula is C28H23N. The fourth-order valence-corrected chi connectivity index (χ4v) is 3.53. The average molecular weight is 373 g/mol. The Bertz CT molecular complexity index is 1210. The number of hydrogen-bond acceptors (Lipinski definition) is 1. The van der Waals surface area contributed by atoms with Crippen molar-refractivity contribution in [2.75, 3.05) is 4.90 Å².